The molecule has 0 bridgehead atoms. The third-order valence-corrected chi connectivity index (χ3v) is 3.93. The van der Waals surface area contributed by atoms with Crippen molar-refractivity contribution in [2.45, 2.75) is 26.0 Å². The van der Waals surface area contributed by atoms with Crippen LogP contribution in [0.2, 0.25) is 0 Å². The Hall–Kier alpha value is -2.18. The zero-order chi connectivity index (χ0) is 16.8. The van der Waals surface area contributed by atoms with E-state index in [9.17, 15) is 0 Å². The molecule has 1 aromatic carbocycles. The van der Waals surface area contributed by atoms with E-state index in [2.05, 4.69) is 15.3 Å². The molecule has 3 rings (SSSR count). The molecule has 1 N–H and O–H groups in total. The van der Waals surface area contributed by atoms with Gasteiger partial charge in [-0.1, -0.05) is 12.1 Å². The van der Waals surface area contributed by atoms with Crippen LogP contribution in [0.1, 0.15) is 29.8 Å². The number of hydrogen-bond donors (Lipinski definition) is 1. The van der Waals surface area contributed by atoms with Gasteiger partial charge in [0.1, 0.15) is 5.75 Å². The second-order valence-electron chi connectivity index (χ2n) is 5.62. The van der Waals surface area contributed by atoms with Crippen LogP contribution in [0.25, 0.3) is 0 Å². The number of ether oxygens (including phenoxy) is 3. The summed E-state index contributed by atoms with van der Waals surface area (Å²) >= 11 is 0. The molecule has 1 aromatic heterocycles. The lowest BCUT2D eigenvalue weighted by Crippen LogP contribution is -2.20. The number of hydrogen-bond acceptors (Lipinski definition) is 6. The lowest BCUT2D eigenvalue weighted by molar-refractivity contribution is 0.109. The van der Waals surface area contributed by atoms with Gasteiger partial charge < -0.3 is 19.5 Å². The predicted molar refractivity (Wildman–Crippen MR) is 91.2 cm³/mol. The van der Waals surface area contributed by atoms with Crippen molar-refractivity contribution in [3.63, 3.8) is 0 Å². The summed E-state index contributed by atoms with van der Waals surface area (Å²) in [6.07, 6.45) is 2.66. The van der Waals surface area contributed by atoms with Gasteiger partial charge in [0, 0.05) is 25.3 Å². The van der Waals surface area contributed by atoms with E-state index in [1.165, 1.54) is 0 Å². The van der Waals surface area contributed by atoms with Crippen LogP contribution in [0.3, 0.4) is 0 Å². The van der Waals surface area contributed by atoms with Crippen molar-refractivity contribution in [1.82, 2.24) is 9.97 Å². The largest absolute Gasteiger partial charge is 0.494 e. The highest BCUT2D eigenvalue weighted by Gasteiger charge is 2.16. The number of aromatic nitrogens is 2. The fourth-order valence-electron chi connectivity index (χ4n) is 2.71. The van der Waals surface area contributed by atoms with E-state index in [1.807, 2.05) is 37.4 Å². The van der Waals surface area contributed by atoms with Gasteiger partial charge in [-0.05, 0) is 24.6 Å². The summed E-state index contributed by atoms with van der Waals surface area (Å²) in [7, 11) is 1.69. The van der Waals surface area contributed by atoms with Crippen LogP contribution >= 0.6 is 0 Å². The summed E-state index contributed by atoms with van der Waals surface area (Å²) in [4.78, 5) is 9.03. The van der Waals surface area contributed by atoms with Gasteiger partial charge >= 0.3 is 0 Å². The molecule has 0 saturated carbocycles. The molecular formula is C18H23N3O3. The van der Waals surface area contributed by atoms with Crippen LogP contribution < -0.4 is 10.1 Å². The molecular weight excluding hydrogens is 306 g/mol. The Morgan fingerprint density at radius 1 is 1.29 bits per heavy atom. The summed E-state index contributed by atoms with van der Waals surface area (Å²) in [6.45, 7) is 4.46. The first-order valence-corrected chi connectivity index (χ1v) is 8.21. The fourth-order valence-corrected chi connectivity index (χ4v) is 2.71. The van der Waals surface area contributed by atoms with Crippen molar-refractivity contribution < 1.29 is 14.2 Å². The first-order chi connectivity index (χ1) is 11.8. The molecule has 0 spiro atoms. The maximum Gasteiger partial charge on any atom is 0.223 e. The molecule has 6 nitrogen and oxygen atoms in total. The van der Waals surface area contributed by atoms with Crippen LogP contribution in [-0.4, -0.2) is 36.9 Å². The second kappa shape index (κ2) is 8.08. The van der Waals surface area contributed by atoms with Gasteiger partial charge in [0.05, 0.1) is 38.2 Å². The number of nitrogens with zero attached hydrogens (tertiary/aromatic N) is 2. The maximum atomic E-state index is 5.49. The van der Waals surface area contributed by atoms with Gasteiger partial charge in [0.2, 0.25) is 5.95 Å². The average Bonchev–Trinajstić information content (AvgIpc) is 2.62. The molecule has 6 heteroatoms. The Kier molecular flexibility index (Phi) is 5.61. The lowest BCUT2D eigenvalue weighted by Gasteiger charge is -2.21. The van der Waals surface area contributed by atoms with E-state index in [0.717, 1.165) is 29.0 Å². The highest BCUT2D eigenvalue weighted by Crippen LogP contribution is 2.22. The number of anilines is 1. The van der Waals surface area contributed by atoms with Crippen molar-refractivity contribution in [3.05, 3.63) is 47.3 Å². The SMILES string of the molecule is CCOc1ccc(C(COC)Nc2ncc3c(n2)CCOC3)cc1. The van der Waals surface area contributed by atoms with E-state index in [4.69, 9.17) is 14.2 Å². The predicted octanol–water partition coefficient (Wildman–Crippen LogP) is 2.75. The van der Waals surface area contributed by atoms with Crippen molar-refractivity contribution in [1.29, 1.82) is 0 Å². The van der Waals surface area contributed by atoms with Gasteiger partial charge in [-0.2, -0.15) is 0 Å². The topological polar surface area (TPSA) is 65.5 Å². The van der Waals surface area contributed by atoms with Crippen molar-refractivity contribution >= 4 is 5.95 Å². The Bertz CT molecular complexity index is 661. The van der Waals surface area contributed by atoms with Crippen molar-refractivity contribution in [2.24, 2.45) is 0 Å². The molecule has 2 aromatic rings. The number of nitrogens with one attached hydrogen (secondary N) is 1. The van der Waals surface area contributed by atoms with Gasteiger partial charge in [0.15, 0.2) is 0 Å². The smallest absolute Gasteiger partial charge is 0.223 e. The second-order valence-corrected chi connectivity index (χ2v) is 5.62. The number of rotatable bonds is 7. The number of methoxy groups -OCH3 is 1. The normalized spacial score (nSPS) is 14.8. The van der Waals surface area contributed by atoms with Crippen molar-refractivity contribution in [2.75, 3.05) is 32.2 Å². The summed E-state index contributed by atoms with van der Waals surface area (Å²) in [5.74, 6) is 1.48. The third-order valence-electron chi connectivity index (χ3n) is 3.93. The minimum atomic E-state index is -0.0245. The van der Waals surface area contributed by atoms with Gasteiger partial charge in [0.25, 0.3) is 0 Å². The molecule has 1 unspecified atom stereocenters. The summed E-state index contributed by atoms with van der Waals surface area (Å²) in [5, 5.41) is 3.37. The first kappa shape index (κ1) is 16.7. The zero-order valence-electron chi connectivity index (χ0n) is 14.1. The highest BCUT2D eigenvalue weighted by molar-refractivity contribution is 5.37. The summed E-state index contributed by atoms with van der Waals surface area (Å²) in [5.41, 5.74) is 3.22. The molecule has 128 valence electrons. The number of benzene rings is 1. The van der Waals surface area contributed by atoms with Gasteiger partial charge in [-0.15, -0.1) is 0 Å². The molecule has 1 aliphatic heterocycles. The molecule has 0 amide bonds. The molecule has 24 heavy (non-hydrogen) atoms. The third kappa shape index (κ3) is 4.01. The van der Waals surface area contributed by atoms with E-state index >= 15 is 0 Å². The average molecular weight is 329 g/mol. The van der Waals surface area contributed by atoms with Crippen LogP contribution in [0.15, 0.2) is 30.5 Å². The molecule has 0 aliphatic carbocycles. The highest BCUT2D eigenvalue weighted by atomic mass is 16.5. The molecule has 1 aliphatic rings. The minimum Gasteiger partial charge on any atom is -0.494 e. The maximum absolute atomic E-state index is 5.49. The Balaban J connectivity index is 1.75. The van der Waals surface area contributed by atoms with Crippen LogP contribution in [0.4, 0.5) is 5.95 Å². The Morgan fingerprint density at radius 2 is 2.12 bits per heavy atom. The van der Waals surface area contributed by atoms with Crippen molar-refractivity contribution in [3.8, 4) is 5.75 Å². The Labute approximate surface area is 142 Å². The minimum absolute atomic E-state index is 0.0245. The standard InChI is InChI=1S/C18H23N3O3/c1-3-24-15-6-4-13(5-7-15)17(12-22-2)21-18-19-10-14-11-23-9-8-16(14)20-18/h4-7,10,17H,3,8-9,11-12H2,1-2H3,(H,19,20,21). The van der Waals surface area contributed by atoms with Crippen LogP contribution in [-0.2, 0) is 22.5 Å². The summed E-state index contributed by atoms with van der Waals surface area (Å²) in [6, 6.07) is 7.98. The monoisotopic (exact) mass is 329 g/mol. The van der Waals surface area contributed by atoms with E-state index in [-0.39, 0.29) is 6.04 Å². The molecule has 0 saturated heterocycles. The Morgan fingerprint density at radius 3 is 2.88 bits per heavy atom. The quantitative estimate of drug-likeness (QED) is 0.842. The molecule has 0 fully saturated rings. The van der Waals surface area contributed by atoms with E-state index < -0.39 is 0 Å². The molecule has 0 radical (unpaired) electrons. The van der Waals surface area contributed by atoms with Crippen LogP contribution in [0.5, 0.6) is 5.75 Å². The molecule has 1 atom stereocenters. The van der Waals surface area contributed by atoms with Gasteiger partial charge in [-0.3, -0.25) is 0 Å². The van der Waals surface area contributed by atoms with E-state index in [1.54, 1.807) is 7.11 Å². The van der Waals surface area contributed by atoms with E-state index in [0.29, 0.717) is 32.4 Å². The zero-order valence-corrected chi connectivity index (χ0v) is 14.1. The number of fused-ring (bicyclic) bond motifs is 1. The molecule has 2 heterocycles. The van der Waals surface area contributed by atoms with Gasteiger partial charge in [-0.25, -0.2) is 9.97 Å². The fraction of sp³-hybridized carbons (Fsp3) is 0.444. The summed E-state index contributed by atoms with van der Waals surface area (Å²) < 4.78 is 16.3. The lowest BCUT2D eigenvalue weighted by atomic mass is 10.1. The van der Waals surface area contributed by atoms with Crippen LogP contribution in [0, 0.1) is 0 Å². The first-order valence-electron chi connectivity index (χ1n) is 8.21.